The van der Waals surface area contributed by atoms with Gasteiger partial charge in [0.25, 0.3) is 5.91 Å². The van der Waals surface area contributed by atoms with E-state index in [1.165, 1.54) is 11.9 Å². The van der Waals surface area contributed by atoms with Crippen LogP contribution in [0, 0.1) is 12.3 Å². The second kappa shape index (κ2) is 8.31. The van der Waals surface area contributed by atoms with Gasteiger partial charge in [0.15, 0.2) is 0 Å². The van der Waals surface area contributed by atoms with Gasteiger partial charge in [-0.2, -0.15) is 0 Å². The van der Waals surface area contributed by atoms with Gasteiger partial charge in [-0.3, -0.25) is 9.59 Å². The second-order valence-electron chi connectivity index (χ2n) is 8.40. The Kier molecular flexibility index (Phi) is 5.60. The van der Waals surface area contributed by atoms with Gasteiger partial charge < -0.3 is 9.80 Å². The van der Waals surface area contributed by atoms with Crippen LogP contribution in [-0.4, -0.2) is 57.8 Å². The van der Waals surface area contributed by atoms with Crippen LogP contribution in [0.3, 0.4) is 0 Å². The Morgan fingerprint density at radius 3 is 2.79 bits per heavy atom. The summed E-state index contributed by atoms with van der Waals surface area (Å²) in [5.41, 5.74) is 2.55. The lowest BCUT2D eigenvalue weighted by Crippen LogP contribution is -2.55. The number of hydrogen-bond acceptors (Lipinski definition) is 4. The van der Waals surface area contributed by atoms with Gasteiger partial charge in [0.2, 0.25) is 5.91 Å². The Hall–Kier alpha value is -2.76. The molecule has 2 saturated heterocycles. The number of benzene rings is 1. The molecule has 2 amide bonds. The normalized spacial score (nSPS) is 22.2. The molecule has 0 bridgehead atoms. The van der Waals surface area contributed by atoms with Crippen molar-refractivity contribution in [2.24, 2.45) is 5.41 Å². The molecule has 2 fully saturated rings. The number of carbonyl (C=O) groups is 2. The minimum absolute atomic E-state index is 0.00203. The maximum atomic E-state index is 13.1. The smallest absolute Gasteiger partial charge is 0.257 e. The van der Waals surface area contributed by atoms with E-state index in [9.17, 15) is 9.59 Å². The summed E-state index contributed by atoms with van der Waals surface area (Å²) in [5, 5.41) is 0. The molecule has 0 radical (unpaired) electrons. The highest BCUT2D eigenvalue weighted by atomic mass is 16.2. The summed E-state index contributed by atoms with van der Waals surface area (Å²) in [6.45, 7) is 4.79. The number of aromatic nitrogens is 2. The van der Waals surface area contributed by atoms with E-state index in [0.717, 1.165) is 45.3 Å². The maximum absolute atomic E-state index is 13.1. The molecule has 1 aromatic heterocycles. The molecule has 1 spiro atoms. The van der Waals surface area contributed by atoms with Crippen LogP contribution in [0.15, 0.2) is 42.9 Å². The van der Waals surface area contributed by atoms with Crippen LogP contribution < -0.4 is 0 Å². The highest BCUT2D eigenvalue weighted by Crippen LogP contribution is 2.39. The van der Waals surface area contributed by atoms with Crippen LogP contribution in [0.2, 0.25) is 0 Å². The van der Waals surface area contributed by atoms with Crippen molar-refractivity contribution in [1.82, 2.24) is 19.8 Å². The highest BCUT2D eigenvalue weighted by molar-refractivity contribution is 5.95. The van der Waals surface area contributed by atoms with E-state index in [0.29, 0.717) is 24.2 Å². The van der Waals surface area contributed by atoms with Gasteiger partial charge in [-0.05, 0) is 38.2 Å². The molecule has 6 nitrogen and oxygen atoms in total. The van der Waals surface area contributed by atoms with Crippen molar-refractivity contribution in [1.29, 1.82) is 0 Å². The third-order valence-corrected chi connectivity index (χ3v) is 6.35. The number of carbonyl (C=O) groups excluding carboxylic acids is 2. The lowest BCUT2D eigenvalue weighted by atomic mass is 9.73. The molecule has 0 saturated carbocycles. The maximum Gasteiger partial charge on any atom is 0.257 e. The number of nitrogens with zero attached hydrogens (tertiary/aromatic N) is 4. The van der Waals surface area contributed by atoms with Gasteiger partial charge in [0.1, 0.15) is 6.33 Å². The molecular formula is C23H28N4O2. The van der Waals surface area contributed by atoms with E-state index < -0.39 is 0 Å². The number of amides is 2. The van der Waals surface area contributed by atoms with E-state index in [2.05, 4.69) is 22.1 Å². The van der Waals surface area contributed by atoms with Gasteiger partial charge >= 0.3 is 0 Å². The molecule has 0 N–H and O–H groups in total. The fourth-order valence-electron chi connectivity index (χ4n) is 4.70. The molecular weight excluding hydrogens is 364 g/mol. The summed E-state index contributed by atoms with van der Waals surface area (Å²) < 4.78 is 0. The number of rotatable bonds is 4. The molecule has 4 rings (SSSR count). The summed E-state index contributed by atoms with van der Waals surface area (Å²) in [6.07, 6.45) is 7.43. The van der Waals surface area contributed by atoms with Gasteiger partial charge in [-0.25, -0.2) is 9.97 Å². The monoisotopic (exact) mass is 392 g/mol. The Morgan fingerprint density at radius 1 is 1.17 bits per heavy atom. The minimum atomic E-state index is 0.00203. The molecule has 152 valence electrons. The van der Waals surface area contributed by atoms with E-state index >= 15 is 0 Å². The molecule has 2 aliphatic rings. The lowest BCUT2D eigenvalue weighted by Gasteiger charge is -2.48. The predicted octanol–water partition coefficient (Wildman–Crippen LogP) is 2.87. The van der Waals surface area contributed by atoms with Crippen molar-refractivity contribution >= 4 is 11.8 Å². The first-order valence-electron chi connectivity index (χ1n) is 10.4. The van der Waals surface area contributed by atoms with E-state index in [-0.39, 0.29) is 17.2 Å². The third kappa shape index (κ3) is 4.31. The zero-order valence-corrected chi connectivity index (χ0v) is 17.0. The molecule has 1 unspecified atom stereocenters. The average Bonchev–Trinajstić information content (AvgIpc) is 2.75. The van der Waals surface area contributed by atoms with E-state index in [1.807, 2.05) is 34.9 Å². The van der Waals surface area contributed by atoms with Crippen LogP contribution in [-0.2, 0) is 11.2 Å². The Labute approximate surface area is 172 Å². The van der Waals surface area contributed by atoms with Crippen LogP contribution in [0.4, 0.5) is 0 Å². The minimum Gasteiger partial charge on any atom is -0.342 e. The number of aryl methyl sites for hydroxylation is 1. The number of hydrogen-bond donors (Lipinski definition) is 0. The fourth-order valence-corrected chi connectivity index (χ4v) is 4.70. The van der Waals surface area contributed by atoms with Crippen molar-refractivity contribution < 1.29 is 9.59 Å². The average molecular weight is 393 g/mol. The number of piperidine rings is 2. The largest absolute Gasteiger partial charge is 0.342 e. The molecule has 6 heteroatoms. The van der Waals surface area contributed by atoms with Crippen LogP contribution in [0.1, 0.15) is 47.3 Å². The van der Waals surface area contributed by atoms with Crippen molar-refractivity contribution in [3.63, 3.8) is 0 Å². The molecule has 2 aromatic rings. The van der Waals surface area contributed by atoms with Crippen molar-refractivity contribution in [2.75, 3.05) is 26.2 Å². The summed E-state index contributed by atoms with van der Waals surface area (Å²) in [6, 6.07) is 10.3. The highest BCUT2D eigenvalue weighted by Gasteiger charge is 2.42. The van der Waals surface area contributed by atoms with Gasteiger partial charge in [0.05, 0.1) is 11.3 Å². The van der Waals surface area contributed by atoms with Crippen LogP contribution in [0.25, 0.3) is 0 Å². The molecule has 0 aliphatic carbocycles. The molecule has 2 aliphatic heterocycles. The zero-order chi connectivity index (χ0) is 20.3. The lowest BCUT2D eigenvalue weighted by molar-refractivity contribution is -0.138. The quantitative estimate of drug-likeness (QED) is 0.802. The van der Waals surface area contributed by atoms with Crippen molar-refractivity contribution in [3.8, 4) is 0 Å². The first-order chi connectivity index (χ1) is 14.1. The van der Waals surface area contributed by atoms with Gasteiger partial charge in [0, 0.05) is 44.2 Å². The summed E-state index contributed by atoms with van der Waals surface area (Å²) in [7, 11) is 0. The van der Waals surface area contributed by atoms with Crippen LogP contribution in [0.5, 0.6) is 0 Å². The Balaban J connectivity index is 1.44. The molecule has 29 heavy (non-hydrogen) atoms. The number of likely N-dealkylation sites (tertiary alicyclic amines) is 2. The zero-order valence-electron chi connectivity index (χ0n) is 17.0. The predicted molar refractivity (Wildman–Crippen MR) is 110 cm³/mol. The fraction of sp³-hybridized carbons (Fsp3) is 0.478. The van der Waals surface area contributed by atoms with Crippen molar-refractivity contribution in [2.45, 2.75) is 39.0 Å². The van der Waals surface area contributed by atoms with Crippen LogP contribution >= 0.6 is 0 Å². The van der Waals surface area contributed by atoms with E-state index in [1.54, 1.807) is 6.20 Å². The second-order valence-corrected chi connectivity index (χ2v) is 8.40. The Bertz CT molecular complexity index is 885. The summed E-state index contributed by atoms with van der Waals surface area (Å²) in [4.78, 5) is 37.8. The first kappa shape index (κ1) is 19.6. The summed E-state index contributed by atoms with van der Waals surface area (Å²) >= 11 is 0. The molecule has 1 aromatic carbocycles. The topological polar surface area (TPSA) is 66.4 Å². The first-order valence-corrected chi connectivity index (χ1v) is 10.4. The van der Waals surface area contributed by atoms with E-state index in [4.69, 9.17) is 0 Å². The SMILES string of the molecule is Cc1ncncc1C(=O)N1CCCC2(CCC(=O)N(CCc3ccccc3)C2)C1. The molecule has 3 heterocycles. The molecule has 1 atom stereocenters. The van der Waals surface area contributed by atoms with Gasteiger partial charge in [-0.1, -0.05) is 30.3 Å². The third-order valence-electron chi connectivity index (χ3n) is 6.35. The Morgan fingerprint density at radius 2 is 2.00 bits per heavy atom. The summed E-state index contributed by atoms with van der Waals surface area (Å²) in [5.74, 6) is 0.247. The van der Waals surface area contributed by atoms with Gasteiger partial charge in [-0.15, -0.1) is 0 Å². The van der Waals surface area contributed by atoms with Crippen molar-refractivity contribution in [3.05, 3.63) is 59.7 Å². The standard InChI is InChI=1S/C23H28N4O2/c1-18-20(14-24-17-25-18)22(29)27-12-5-10-23(16-27)11-8-21(28)26(15-23)13-9-19-6-3-2-4-7-19/h2-4,6-7,14,17H,5,8-13,15-16H2,1H3.